The Balaban J connectivity index is 2.23. The van der Waals surface area contributed by atoms with Gasteiger partial charge in [-0.3, -0.25) is 9.59 Å². The molecule has 0 radical (unpaired) electrons. The van der Waals surface area contributed by atoms with Crippen LogP contribution in [0.2, 0.25) is 0 Å². The maximum Gasteiger partial charge on any atom is 0.308 e. The summed E-state index contributed by atoms with van der Waals surface area (Å²) in [5, 5.41) is 10.8. The maximum atomic E-state index is 12.0. The van der Waals surface area contributed by atoms with Crippen LogP contribution in [0.5, 0.6) is 0 Å². The average molecular weight is 282 g/mol. The minimum absolute atomic E-state index is 0.0269. The van der Waals surface area contributed by atoms with E-state index >= 15 is 0 Å². The molecule has 0 amide bonds. The van der Waals surface area contributed by atoms with Gasteiger partial charge in [0.05, 0.1) is 19.1 Å². The molecule has 0 spiro atoms. The fourth-order valence-electron chi connectivity index (χ4n) is 4.45. The number of Topliss-reactive ketones (excluding diaryl/α,β-unsaturated/α-hetero) is 1. The highest BCUT2D eigenvalue weighted by atomic mass is 16.5. The Morgan fingerprint density at radius 2 is 2.10 bits per heavy atom. The van der Waals surface area contributed by atoms with Gasteiger partial charge >= 0.3 is 5.97 Å². The molecule has 4 heteroatoms. The number of aliphatic hydroxyl groups is 1. The van der Waals surface area contributed by atoms with Crippen molar-refractivity contribution in [3.8, 4) is 0 Å². The average Bonchev–Trinajstić information content (AvgIpc) is 2.42. The highest BCUT2D eigenvalue weighted by Gasteiger charge is 2.53. The van der Waals surface area contributed by atoms with Crippen molar-refractivity contribution in [2.45, 2.75) is 52.6 Å². The van der Waals surface area contributed by atoms with E-state index in [1.165, 1.54) is 7.11 Å². The molecule has 1 N–H and O–H groups in total. The zero-order valence-corrected chi connectivity index (χ0v) is 12.9. The number of methoxy groups -OCH3 is 1. The van der Waals surface area contributed by atoms with Crippen molar-refractivity contribution < 1.29 is 19.4 Å². The number of rotatable bonds is 2. The van der Waals surface area contributed by atoms with Crippen LogP contribution >= 0.6 is 0 Å². The van der Waals surface area contributed by atoms with Gasteiger partial charge in [0.15, 0.2) is 0 Å². The quantitative estimate of drug-likeness (QED) is 0.789. The largest absolute Gasteiger partial charge is 0.469 e. The summed E-state index contributed by atoms with van der Waals surface area (Å²) >= 11 is 0. The zero-order valence-electron chi connectivity index (χ0n) is 12.9. The summed E-state index contributed by atoms with van der Waals surface area (Å²) in [6, 6.07) is 0. The van der Waals surface area contributed by atoms with Crippen molar-refractivity contribution in [2.75, 3.05) is 7.11 Å². The number of hydrogen-bond acceptors (Lipinski definition) is 4. The van der Waals surface area contributed by atoms with Crippen LogP contribution in [0.15, 0.2) is 0 Å². The molecule has 0 aromatic rings. The molecular formula is C16H26O4. The molecule has 6 atom stereocenters. The van der Waals surface area contributed by atoms with Gasteiger partial charge in [0.2, 0.25) is 0 Å². The maximum absolute atomic E-state index is 12.0. The number of hydrogen-bond donors (Lipinski definition) is 1. The third kappa shape index (κ3) is 2.39. The molecule has 20 heavy (non-hydrogen) atoms. The van der Waals surface area contributed by atoms with Crippen LogP contribution in [0.4, 0.5) is 0 Å². The lowest BCUT2D eigenvalue weighted by atomic mass is 9.52. The molecule has 114 valence electrons. The molecule has 0 aliphatic heterocycles. The van der Waals surface area contributed by atoms with Crippen molar-refractivity contribution >= 4 is 11.8 Å². The summed E-state index contributed by atoms with van der Waals surface area (Å²) in [5.41, 5.74) is 0.0269. The molecule has 0 aromatic carbocycles. The predicted octanol–water partition coefficient (Wildman–Crippen LogP) is 2.19. The first-order valence-electron chi connectivity index (χ1n) is 7.60. The minimum atomic E-state index is -0.595. The van der Waals surface area contributed by atoms with Crippen molar-refractivity contribution in [1.29, 1.82) is 0 Å². The van der Waals surface area contributed by atoms with Crippen LogP contribution in [0.3, 0.4) is 0 Å². The SMILES string of the molecule is COC(=O)C(C)C1CCC2(C)CCC(=O)C(C)C2C1O. The molecular weight excluding hydrogens is 256 g/mol. The van der Waals surface area contributed by atoms with Crippen LogP contribution in [0, 0.1) is 29.1 Å². The summed E-state index contributed by atoms with van der Waals surface area (Å²) in [4.78, 5) is 23.7. The second-order valence-electron chi connectivity index (χ2n) is 6.94. The Labute approximate surface area is 120 Å². The lowest BCUT2D eigenvalue weighted by Crippen LogP contribution is -2.54. The molecule has 0 aromatic heterocycles. The molecule has 2 aliphatic carbocycles. The Kier molecular flexibility index (Phi) is 4.24. The number of aliphatic hydroxyl groups excluding tert-OH is 1. The first-order valence-corrected chi connectivity index (χ1v) is 7.60. The van der Waals surface area contributed by atoms with Gasteiger partial charge in [-0.05, 0) is 36.5 Å². The van der Waals surface area contributed by atoms with Crippen molar-refractivity contribution in [2.24, 2.45) is 29.1 Å². The monoisotopic (exact) mass is 282 g/mol. The Morgan fingerprint density at radius 3 is 2.70 bits per heavy atom. The standard InChI is InChI=1S/C16H26O4/c1-9(15(19)20-4)11-5-7-16(3)8-6-12(17)10(2)13(16)14(11)18/h9-11,13-14,18H,5-8H2,1-4H3. The van der Waals surface area contributed by atoms with E-state index in [2.05, 4.69) is 6.92 Å². The van der Waals surface area contributed by atoms with Crippen LogP contribution in [-0.4, -0.2) is 30.1 Å². The second-order valence-corrected chi connectivity index (χ2v) is 6.94. The van der Waals surface area contributed by atoms with Gasteiger partial charge in [-0.2, -0.15) is 0 Å². The number of ketones is 1. The van der Waals surface area contributed by atoms with E-state index in [9.17, 15) is 14.7 Å². The van der Waals surface area contributed by atoms with E-state index in [-0.39, 0.29) is 40.8 Å². The Hall–Kier alpha value is -0.900. The number of fused-ring (bicyclic) bond motifs is 1. The summed E-state index contributed by atoms with van der Waals surface area (Å²) in [7, 11) is 1.38. The lowest BCUT2D eigenvalue weighted by Gasteiger charge is -2.53. The van der Waals surface area contributed by atoms with Crippen LogP contribution < -0.4 is 0 Å². The van der Waals surface area contributed by atoms with Gasteiger partial charge in [0.25, 0.3) is 0 Å². The molecule has 0 saturated heterocycles. The third-order valence-electron chi connectivity index (χ3n) is 5.86. The van der Waals surface area contributed by atoms with Gasteiger partial charge in [-0.15, -0.1) is 0 Å². The number of ether oxygens (including phenoxy) is 1. The zero-order chi connectivity index (χ0) is 15.1. The van der Waals surface area contributed by atoms with E-state index in [0.29, 0.717) is 6.42 Å². The Bertz CT molecular complexity index is 405. The second kappa shape index (κ2) is 5.47. The first kappa shape index (κ1) is 15.5. The number of carbonyl (C=O) groups is 2. The summed E-state index contributed by atoms with van der Waals surface area (Å²) in [6.07, 6.45) is 2.68. The van der Waals surface area contributed by atoms with Crippen LogP contribution in [0.1, 0.15) is 46.5 Å². The summed E-state index contributed by atoms with van der Waals surface area (Å²) in [5.74, 6) is -0.589. The molecule has 2 fully saturated rings. The van der Waals surface area contributed by atoms with Crippen molar-refractivity contribution in [3.63, 3.8) is 0 Å². The summed E-state index contributed by atoms with van der Waals surface area (Å²) < 4.78 is 4.81. The molecule has 0 bridgehead atoms. The number of esters is 1. The van der Waals surface area contributed by atoms with Crippen molar-refractivity contribution in [3.05, 3.63) is 0 Å². The normalized spacial score (nSPS) is 42.8. The van der Waals surface area contributed by atoms with Crippen LogP contribution in [-0.2, 0) is 14.3 Å². The smallest absolute Gasteiger partial charge is 0.308 e. The van der Waals surface area contributed by atoms with Gasteiger partial charge < -0.3 is 9.84 Å². The van der Waals surface area contributed by atoms with Gasteiger partial charge in [0.1, 0.15) is 5.78 Å². The topological polar surface area (TPSA) is 63.6 Å². The van der Waals surface area contributed by atoms with Crippen molar-refractivity contribution in [1.82, 2.24) is 0 Å². The first-order chi connectivity index (χ1) is 9.31. The minimum Gasteiger partial charge on any atom is -0.469 e. The van der Waals surface area contributed by atoms with Gasteiger partial charge in [-0.25, -0.2) is 0 Å². The van der Waals surface area contributed by atoms with E-state index in [4.69, 9.17) is 4.74 Å². The molecule has 4 nitrogen and oxygen atoms in total. The molecule has 2 rings (SSSR count). The third-order valence-corrected chi connectivity index (χ3v) is 5.86. The van der Waals surface area contributed by atoms with E-state index in [1.54, 1.807) is 0 Å². The molecule has 6 unspecified atom stereocenters. The molecule has 2 aliphatic rings. The summed E-state index contributed by atoms with van der Waals surface area (Å²) in [6.45, 7) is 5.93. The predicted molar refractivity (Wildman–Crippen MR) is 74.9 cm³/mol. The molecule has 0 heterocycles. The van der Waals surface area contributed by atoms with Gasteiger partial charge in [-0.1, -0.05) is 20.8 Å². The fraction of sp³-hybridized carbons (Fsp3) is 0.875. The van der Waals surface area contributed by atoms with Crippen LogP contribution in [0.25, 0.3) is 0 Å². The van der Waals surface area contributed by atoms with Gasteiger partial charge in [0, 0.05) is 12.3 Å². The molecule has 2 saturated carbocycles. The van der Waals surface area contributed by atoms with E-state index in [0.717, 1.165) is 19.3 Å². The fourth-order valence-corrected chi connectivity index (χ4v) is 4.45. The van der Waals surface area contributed by atoms with E-state index < -0.39 is 6.10 Å². The highest BCUT2D eigenvalue weighted by Crippen LogP contribution is 2.54. The highest BCUT2D eigenvalue weighted by molar-refractivity contribution is 5.82. The lowest BCUT2D eigenvalue weighted by molar-refractivity contribution is -0.160. The Morgan fingerprint density at radius 1 is 1.45 bits per heavy atom. The number of carbonyl (C=O) groups excluding carboxylic acids is 2. The van der Waals surface area contributed by atoms with E-state index in [1.807, 2.05) is 13.8 Å².